The number of benzene rings is 2. The molecule has 0 saturated carbocycles. The number of pyridine rings is 1. The van der Waals surface area contributed by atoms with Crippen LogP contribution in [0.5, 0.6) is 5.75 Å². The van der Waals surface area contributed by atoms with Gasteiger partial charge in [0.1, 0.15) is 5.75 Å². The predicted octanol–water partition coefficient (Wildman–Crippen LogP) is 5.28. The van der Waals surface area contributed by atoms with Crippen molar-refractivity contribution < 1.29 is 9.53 Å². The summed E-state index contributed by atoms with van der Waals surface area (Å²) >= 11 is 0. The highest BCUT2D eigenvalue weighted by molar-refractivity contribution is 6.08. The third-order valence-corrected chi connectivity index (χ3v) is 5.30. The minimum atomic E-state index is -0.240. The maximum Gasteiger partial charge on any atom is 0.259 e. The van der Waals surface area contributed by atoms with Gasteiger partial charge in [-0.25, -0.2) is 0 Å². The van der Waals surface area contributed by atoms with Gasteiger partial charge in [0, 0.05) is 17.8 Å². The molecule has 0 aliphatic rings. The van der Waals surface area contributed by atoms with Crippen LogP contribution in [-0.2, 0) is 13.0 Å². The van der Waals surface area contributed by atoms with Gasteiger partial charge in [-0.3, -0.25) is 9.78 Å². The van der Waals surface area contributed by atoms with Crippen molar-refractivity contribution in [3.05, 3.63) is 76.6 Å². The van der Waals surface area contributed by atoms with Crippen molar-refractivity contribution in [2.75, 3.05) is 12.4 Å². The fourth-order valence-electron chi connectivity index (χ4n) is 3.78. The first-order valence-corrected chi connectivity index (χ1v) is 10.6. The number of carbonyl (C=O) groups excluding carboxylic acids is 1. The second-order valence-electron chi connectivity index (χ2n) is 8.19. The molecule has 0 radical (unpaired) electrons. The molecular weight excluding hydrogens is 386 g/mol. The summed E-state index contributed by atoms with van der Waals surface area (Å²) < 4.78 is 5.37. The number of aryl methyl sites for hydroxylation is 2. The fraction of sp³-hybridized carbons (Fsp3) is 0.308. The third-order valence-electron chi connectivity index (χ3n) is 5.30. The maximum atomic E-state index is 13.2. The number of anilines is 1. The van der Waals surface area contributed by atoms with Crippen molar-refractivity contribution >= 4 is 11.6 Å². The second-order valence-corrected chi connectivity index (χ2v) is 8.19. The Morgan fingerprint density at radius 3 is 2.39 bits per heavy atom. The number of nitrogens with one attached hydrogen (secondary N) is 1. The summed E-state index contributed by atoms with van der Waals surface area (Å²) in [5.74, 6) is 0.727. The number of methoxy groups -OCH3 is 1. The van der Waals surface area contributed by atoms with Gasteiger partial charge in [0.25, 0.3) is 5.91 Å². The van der Waals surface area contributed by atoms with Crippen LogP contribution in [0.15, 0.2) is 48.5 Å². The third kappa shape index (κ3) is 4.94. The van der Waals surface area contributed by atoms with Crippen LogP contribution in [0.25, 0.3) is 11.1 Å². The van der Waals surface area contributed by atoms with Gasteiger partial charge in [0.2, 0.25) is 0 Å². The molecule has 0 fully saturated rings. The Bertz CT molecular complexity index is 1070. The standard InChI is InChI=1S/C26H31N3O2/c1-16(2)14-22-21(15-27)24(19-12-10-17(3)11-13-19)25(18(4)28-22)29-26(30)20-8-6-7-9-23(20)31-5/h6-13,16H,14-15,27H2,1-5H3,(H,29,30). The molecule has 5 nitrogen and oxygen atoms in total. The Morgan fingerprint density at radius 2 is 1.77 bits per heavy atom. The fourth-order valence-corrected chi connectivity index (χ4v) is 3.78. The first kappa shape index (κ1) is 22.5. The van der Waals surface area contributed by atoms with Crippen molar-refractivity contribution in [3.8, 4) is 16.9 Å². The van der Waals surface area contributed by atoms with E-state index in [2.05, 4.69) is 50.4 Å². The minimum absolute atomic E-state index is 0.240. The van der Waals surface area contributed by atoms with E-state index in [1.807, 2.05) is 19.1 Å². The van der Waals surface area contributed by atoms with Crippen molar-refractivity contribution in [1.82, 2.24) is 4.98 Å². The van der Waals surface area contributed by atoms with E-state index in [4.69, 9.17) is 15.5 Å². The van der Waals surface area contributed by atoms with E-state index in [1.54, 1.807) is 19.2 Å². The number of para-hydroxylation sites is 1. The highest BCUT2D eigenvalue weighted by Gasteiger charge is 2.22. The molecule has 1 amide bonds. The van der Waals surface area contributed by atoms with Gasteiger partial charge >= 0.3 is 0 Å². The topological polar surface area (TPSA) is 77.2 Å². The molecule has 0 bridgehead atoms. The number of carbonyl (C=O) groups is 1. The van der Waals surface area contributed by atoms with Crippen LogP contribution in [0.1, 0.15) is 46.7 Å². The Kier molecular flexibility index (Phi) is 7.08. The molecule has 31 heavy (non-hydrogen) atoms. The molecule has 0 aliphatic heterocycles. The molecule has 3 rings (SSSR count). The number of rotatable bonds is 7. The summed E-state index contributed by atoms with van der Waals surface area (Å²) in [4.78, 5) is 18.0. The van der Waals surface area contributed by atoms with Crippen molar-refractivity contribution in [1.29, 1.82) is 0 Å². The molecule has 0 saturated heterocycles. The predicted molar refractivity (Wildman–Crippen MR) is 127 cm³/mol. The summed E-state index contributed by atoms with van der Waals surface area (Å²) in [6, 6.07) is 15.5. The molecule has 3 N–H and O–H groups in total. The number of amides is 1. The van der Waals surface area contributed by atoms with E-state index in [-0.39, 0.29) is 5.91 Å². The van der Waals surface area contributed by atoms with Crippen LogP contribution in [-0.4, -0.2) is 18.0 Å². The average Bonchev–Trinajstić information content (AvgIpc) is 2.75. The average molecular weight is 418 g/mol. The van der Waals surface area contributed by atoms with Crippen LogP contribution in [0.2, 0.25) is 0 Å². The minimum Gasteiger partial charge on any atom is -0.496 e. The Hall–Kier alpha value is -3.18. The lowest BCUT2D eigenvalue weighted by Gasteiger charge is -2.22. The van der Waals surface area contributed by atoms with Gasteiger partial charge in [-0.2, -0.15) is 0 Å². The molecule has 1 aromatic heterocycles. The quantitative estimate of drug-likeness (QED) is 0.548. The van der Waals surface area contributed by atoms with Gasteiger partial charge in [-0.15, -0.1) is 0 Å². The first-order valence-electron chi connectivity index (χ1n) is 10.6. The number of hydrogen-bond acceptors (Lipinski definition) is 4. The van der Waals surface area contributed by atoms with Gasteiger partial charge in [0.05, 0.1) is 24.1 Å². The number of ether oxygens (including phenoxy) is 1. The first-order chi connectivity index (χ1) is 14.8. The number of nitrogens with two attached hydrogens (primary N) is 1. The van der Waals surface area contributed by atoms with E-state index in [0.717, 1.165) is 34.5 Å². The largest absolute Gasteiger partial charge is 0.496 e. The lowest BCUT2D eigenvalue weighted by molar-refractivity contribution is 0.102. The molecule has 5 heteroatoms. The number of aromatic nitrogens is 1. The summed E-state index contributed by atoms with van der Waals surface area (Å²) in [7, 11) is 1.56. The van der Waals surface area contributed by atoms with E-state index in [9.17, 15) is 4.79 Å². The van der Waals surface area contributed by atoms with Gasteiger partial charge in [-0.05, 0) is 49.4 Å². The van der Waals surface area contributed by atoms with Crippen molar-refractivity contribution in [2.45, 2.75) is 40.7 Å². The van der Waals surface area contributed by atoms with Gasteiger partial charge in [-0.1, -0.05) is 55.8 Å². The van der Waals surface area contributed by atoms with Crippen molar-refractivity contribution in [3.63, 3.8) is 0 Å². The zero-order chi connectivity index (χ0) is 22.5. The normalized spacial score (nSPS) is 10.9. The Labute approximate surface area is 184 Å². The molecule has 162 valence electrons. The maximum absolute atomic E-state index is 13.2. The monoisotopic (exact) mass is 417 g/mol. The molecule has 2 aromatic carbocycles. The molecule has 0 aliphatic carbocycles. The van der Waals surface area contributed by atoms with Crippen LogP contribution in [0.4, 0.5) is 5.69 Å². The second kappa shape index (κ2) is 9.75. The highest BCUT2D eigenvalue weighted by Crippen LogP contribution is 2.36. The SMILES string of the molecule is COc1ccccc1C(=O)Nc1c(C)nc(CC(C)C)c(CN)c1-c1ccc(C)cc1. The van der Waals surface area contributed by atoms with E-state index in [1.165, 1.54) is 5.56 Å². The molecular formula is C26H31N3O2. The van der Waals surface area contributed by atoms with E-state index in [0.29, 0.717) is 29.5 Å². The molecule has 0 spiro atoms. The van der Waals surface area contributed by atoms with E-state index < -0.39 is 0 Å². The van der Waals surface area contributed by atoms with Crippen LogP contribution in [0, 0.1) is 19.8 Å². The van der Waals surface area contributed by atoms with Crippen LogP contribution < -0.4 is 15.8 Å². The van der Waals surface area contributed by atoms with Gasteiger partial charge in [0.15, 0.2) is 0 Å². The highest BCUT2D eigenvalue weighted by atomic mass is 16.5. The zero-order valence-corrected chi connectivity index (χ0v) is 19.0. The van der Waals surface area contributed by atoms with Crippen LogP contribution >= 0.6 is 0 Å². The summed E-state index contributed by atoms with van der Waals surface area (Å²) in [5, 5.41) is 3.10. The molecule has 0 atom stereocenters. The summed E-state index contributed by atoms with van der Waals surface area (Å²) in [6.07, 6.45) is 0.826. The molecule has 1 heterocycles. The number of hydrogen-bond donors (Lipinski definition) is 2. The summed E-state index contributed by atoms with van der Waals surface area (Å²) in [5.41, 5.74) is 13.2. The lowest BCUT2D eigenvalue weighted by atomic mass is 9.92. The zero-order valence-electron chi connectivity index (χ0n) is 19.0. The Balaban J connectivity index is 2.18. The number of nitrogens with zero attached hydrogens (tertiary/aromatic N) is 1. The van der Waals surface area contributed by atoms with Crippen molar-refractivity contribution in [2.24, 2.45) is 11.7 Å². The lowest BCUT2D eigenvalue weighted by Crippen LogP contribution is -2.18. The smallest absolute Gasteiger partial charge is 0.259 e. The molecule has 0 unspecified atom stereocenters. The van der Waals surface area contributed by atoms with Gasteiger partial charge < -0.3 is 15.8 Å². The van der Waals surface area contributed by atoms with E-state index >= 15 is 0 Å². The Morgan fingerprint density at radius 1 is 1.10 bits per heavy atom. The molecule has 3 aromatic rings. The van der Waals surface area contributed by atoms with Crippen LogP contribution in [0.3, 0.4) is 0 Å². The summed E-state index contributed by atoms with van der Waals surface area (Å²) in [6.45, 7) is 8.66.